The Kier molecular flexibility index (Phi) is 4.14. The van der Waals surface area contributed by atoms with Crippen molar-refractivity contribution in [3.8, 4) is 5.75 Å². The summed E-state index contributed by atoms with van der Waals surface area (Å²) in [6.45, 7) is 1.47. The fourth-order valence-electron chi connectivity index (χ4n) is 4.36. The van der Waals surface area contributed by atoms with Crippen LogP contribution in [0.2, 0.25) is 5.02 Å². The molecule has 1 aromatic carbocycles. The van der Waals surface area contributed by atoms with E-state index in [0.29, 0.717) is 28.9 Å². The first-order valence-electron chi connectivity index (χ1n) is 9.03. The van der Waals surface area contributed by atoms with Crippen LogP contribution in [0.3, 0.4) is 0 Å². The Morgan fingerprint density at radius 3 is 2.60 bits per heavy atom. The molecule has 134 valence electrons. The number of methoxy groups -OCH3 is 1. The molecule has 1 aliphatic carbocycles. The molecule has 4 rings (SSSR count). The normalized spacial score (nSPS) is 26.4. The minimum Gasteiger partial charge on any atom is -0.495 e. The van der Waals surface area contributed by atoms with E-state index in [1.165, 1.54) is 0 Å². The van der Waals surface area contributed by atoms with Crippen LogP contribution in [0.4, 0.5) is 0 Å². The maximum absolute atomic E-state index is 13.2. The van der Waals surface area contributed by atoms with Crippen LogP contribution in [0.1, 0.15) is 48.9 Å². The van der Waals surface area contributed by atoms with Gasteiger partial charge < -0.3 is 14.5 Å². The van der Waals surface area contributed by atoms with Crippen molar-refractivity contribution >= 4 is 23.4 Å². The molecule has 0 bridgehead atoms. The molecular formula is C19H23ClN2O3. The van der Waals surface area contributed by atoms with Gasteiger partial charge in [-0.15, -0.1) is 0 Å². The molecule has 5 nitrogen and oxygen atoms in total. The Morgan fingerprint density at radius 1 is 1.24 bits per heavy atom. The zero-order valence-corrected chi connectivity index (χ0v) is 15.2. The fourth-order valence-corrected chi connectivity index (χ4v) is 4.62. The van der Waals surface area contributed by atoms with Gasteiger partial charge in [0.25, 0.3) is 5.91 Å². The number of carbonyl (C=O) groups is 2. The summed E-state index contributed by atoms with van der Waals surface area (Å²) in [6.07, 6.45) is 5.58. The van der Waals surface area contributed by atoms with Crippen molar-refractivity contribution in [1.29, 1.82) is 0 Å². The number of halogens is 1. The van der Waals surface area contributed by atoms with E-state index in [-0.39, 0.29) is 11.8 Å². The summed E-state index contributed by atoms with van der Waals surface area (Å²) in [4.78, 5) is 30.2. The summed E-state index contributed by atoms with van der Waals surface area (Å²) in [5.41, 5.74) is -0.131. The van der Waals surface area contributed by atoms with Gasteiger partial charge in [0.1, 0.15) is 11.3 Å². The average Bonchev–Trinajstić information content (AvgIpc) is 3.37. The van der Waals surface area contributed by atoms with E-state index in [0.717, 1.165) is 45.1 Å². The zero-order valence-electron chi connectivity index (χ0n) is 14.5. The number of nitrogens with zero attached hydrogens (tertiary/aromatic N) is 2. The second kappa shape index (κ2) is 6.20. The second-order valence-electron chi connectivity index (χ2n) is 7.27. The SMILES string of the molecule is COc1ccc(C(=O)N2CCCC23CCCN(C2CC2)C3=O)cc1Cl. The maximum Gasteiger partial charge on any atom is 0.254 e. The van der Waals surface area contributed by atoms with E-state index in [2.05, 4.69) is 0 Å². The molecule has 2 saturated heterocycles. The molecule has 0 N–H and O–H groups in total. The molecule has 3 aliphatic rings. The van der Waals surface area contributed by atoms with Crippen LogP contribution < -0.4 is 4.74 Å². The van der Waals surface area contributed by atoms with Gasteiger partial charge in [-0.3, -0.25) is 9.59 Å². The van der Waals surface area contributed by atoms with Crippen molar-refractivity contribution < 1.29 is 14.3 Å². The smallest absolute Gasteiger partial charge is 0.254 e. The monoisotopic (exact) mass is 362 g/mol. The van der Waals surface area contributed by atoms with Crippen molar-refractivity contribution in [3.63, 3.8) is 0 Å². The molecular weight excluding hydrogens is 340 g/mol. The number of benzene rings is 1. The van der Waals surface area contributed by atoms with Crippen molar-refractivity contribution in [3.05, 3.63) is 28.8 Å². The van der Waals surface area contributed by atoms with Gasteiger partial charge in [0.05, 0.1) is 12.1 Å². The van der Waals surface area contributed by atoms with E-state index in [1.54, 1.807) is 25.3 Å². The van der Waals surface area contributed by atoms with Crippen molar-refractivity contribution in [1.82, 2.24) is 9.80 Å². The van der Waals surface area contributed by atoms with E-state index >= 15 is 0 Å². The first kappa shape index (κ1) is 16.7. The molecule has 2 aliphatic heterocycles. The minimum absolute atomic E-state index is 0.104. The van der Waals surface area contributed by atoms with Gasteiger partial charge >= 0.3 is 0 Å². The highest BCUT2D eigenvalue weighted by atomic mass is 35.5. The number of piperidine rings is 1. The topological polar surface area (TPSA) is 49.9 Å². The number of amides is 2. The summed E-state index contributed by atoms with van der Waals surface area (Å²) in [5.74, 6) is 0.600. The summed E-state index contributed by atoms with van der Waals surface area (Å²) in [7, 11) is 1.55. The molecule has 1 unspecified atom stereocenters. The van der Waals surface area contributed by atoms with E-state index < -0.39 is 5.54 Å². The predicted octanol–water partition coefficient (Wildman–Crippen LogP) is 3.11. The summed E-state index contributed by atoms with van der Waals surface area (Å²) in [6, 6.07) is 5.47. The molecule has 0 aromatic heterocycles. The lowest BCUT2D eigenvalue weighted by molar-refractivity contribution is -0.146. The van der Waals surface area contributed by atoms with Gasteiger partial charge in [0, 0.05) is 24.7 Å². The van der Waals surface area contributed by atoms with Crippen LogP contribution in [-0.2, 0) is 4.79 Å². The Morgan fingerprint density at radius 2 is 1.96 bits per heavy atom. The van der Waals surface area contributed by atoms with Crippen LogP contribution in [-0.4, -0.2) is 53.4 Å². The molecule has 1 aromatic rings. The summed E-state index contributed by atoms with van der Waals surface area (Å²) < 4.78 is 5.16. The van der Waals surface area contributed by atoms with Crippen LogP contribution in [0.15, 0.2) is 18.2 Å². The fraction of sp³-hybridized carbons (Fsp3) is 0.579. The third-order valence-electron chi connectivity index (χ3n) is 5.77. The molecule has 2 amide bonds. The quantitative estimate of drug-likeness (QED) is 0.830. The third-order valence-corrected chi connectivity index (χ3v) is 6.06. The highest BCUT2D eigenvalue weighted by Gasteiger charge is 2.54. The molecule has 1 atom stereocenters. The Balaban J connectivity index is 1.63. The first-order chi connectivity index (χ1) is 12.1. The molecule has 25 heavy (non-hydrogen) atoms. The summed E-state index contributed by atoms with van der Waals surface area (Å²) in [5, 5.41) is 0.413. The van der Waals surface area contributed by atoms with Crippen LogP contribution in [0.5, 0.6) is 5.75 Å². The average molecular weight is 363 g/mol. The lowest BCUT2D eigenvalue weighted by Crippen LogP contribution is -2.61. The van der Waals surface area contributed by atoms with Crippen molar-refractivity contribution in [2.75, 3.05) is 20.2 Å². The van der Waals surface area contributed by atoms with Gasteiger partial charge in [-0.05, 0) is 56.7 Å². The molecule has 0 radical (unpaired) electrons. The maximum atomic E-state index is 13.2. The lowest BCUT2D eigenvalue weighted by atomic mass is 9.85. The second-order valence-corrected chi connectivity index (χ2v) is 7.68. The predicted molar refractivity (Wildman–Crippen MR) is 95.0 cm³/mol. The standard InChI is InChI=1S/C19H23ClN2O3/c1-25-16-7-4-13(12-15(16)20)17(23)22-11-3-9-19(22)8-2-10-21(18(19)24)14-5-6-14/h4,7,12,14H,2-3,5-6,8-11H2,1H3. The number of rotatable bonds is 3. The number of carbonyl (C=O) groups excluding carboxylic acids is 2. The van der Waals surface area contributed by atoms with Gasteiger partial charge in [-0.25, -0.2) is 0 Å². The minimum atomic E-state index is -0.648. The number of likely N-dealkylation sites (tertiary alicyclic amines) is 2. The van der Waals surface area contributed by atoms with Gasteiger partial charge in [0.15, 0.2) is 0 Å². The van der Waals surface area contributed by atoms with E-state index in [9.17, 15) is 9.59 Å². The van der Waals surface area contributed by atoms with Gasteiger partial charge in [-0.2, -0.15) is 0 Å². The van der Waals surface area contributed by atoms with E-state index in [1.807, 2.05) is 9.80 Å². The highest BCUT2D eigenvalue weighted by Crippen LogP contribution is 2.42. The molecule has 6 heteroatoms. The molecule has 1 spiro atoms. The number of hydrogen-bond donors (Lipinski definition) is 0. The van der Waals surface area contributed by atoms with Crippen LogP contribution in [0.25, 0.3) is 0 Å². The molecule has 1 saturated carbocycles. The van der Waals surface area contributed by atoms with Crippen LogP contribution in [0, 0.1) is 0 Å². The highest BCUT2D eigenvalue weighted by molar-refractivity contribution is 6.32. The van der Waals surface area contributed by atoms with E-state index in [4.69, 9.17) is 16.3 Å². The Labute approximate surface area is 152 Å². The van der Waals surface area contributed by atoms with Gasteiger partial charge in [0.2, 0.25) is 5.91 Å². The first-order valence-corrected chi connectivity index (χ1v) is 9.41. The Hall–Kier alpha value is -1.75. The largest absolute Gasteiger partial charge is 0.495 e. The van der Waals surface area contributed by atoms with Crippen molar-refractivity contribution in [2.24, 2.45) is 0 Å². The molecule has 2 heterocycles. The number of ether oxygens (including phenoxy) is 1. The molecule has 3 fully saturated rings. The number of hydrogen-bond acceptors (Lipinski definition) is 3. The zero-order chi connectivity index (χ0) is 17.6. The van der Waals surface area contributed by atoms with Crippen molar-refractivity contribution in [2.45, 2.75) is 50.1 Å². The summed E-state index contributed by atoms with van der Waals surface area (Å²) >= 11 is 6.19. The Bertz CT molecular complexity index is 719. The lowest BCUT2D eigenvalue weighted by Gasteiger charge is -2.44. The van der Waals surface area contributed by atoms with Gasteiger partial charge in [-0.1, -0.05) is 11.6 Å². The van der Waals surface area contributed by atoms with Crippen LogP contribution >= 0.6 is 11.6 Å². The third kappa shape index (κ3) is 2.69.